The Morgan fingerprint density at radius 2 is 1.92 bits per heavy atom. The van der Waals surface area contributed by atoms with E-state index in [0.717, 1.165) is 28.0 Å². The number of aromatic nitrogens is 1. The number of carbonyl (C=O) groups is 1. The first kappa shape index (κ1) is 18.7. The molecule has 1 aromatic heterocycles. The van der Waals surface area contributed by atoms with Gasteiger partial charge in [0.05, 0.1) is 6.61 Å². The van der Waals surface area contributed by atoms with Crippen LogP contribution in [0, 0.1) is 0 Å². The number of fused-ring (bicyclic) bond motifs is 1. The van der Waals surface area contributed by atoms with Gasteiger partial charge in [-0.3, -0.25) is 0 Å². The van der Waals surface area contributed by atoms with Crippen LogP contribution in [0.1, 0.15) is 30.3 Å². The van der Waals surface area contributed by atoms with Crippen molar-refractivity contribution in [3.05, 3.63) is 58.8 Å². The molecule has 1 heterocycles. The van der Waals surface area contributed by atoms with E-state index < -0.39 is 5.97 Å². The highest BCUT2D eigenvalue weighted by atomic mass is 79.9. The zero-order valence-corrected chi connectivity index (χ0v) is 16.6. The van der Waals surface area contributed by atoms with Gasteiger partial charge >= 0.3 is 5.97 Å². The Morgan fingerprint density at radius 1 is 1.15 bits per heavy atom. The van der Waals surface area contributed by atoms with E-state index in [1.165, 1.54) is 0 Å². The summed E-state index contributed by atoms with van der Waals surface area (Å²) >= 11 is 5.03. The normalized spacial score (nSPS) is 10.8. The molecule has 0 aliphatic heterocycles. The van der Waals surface area contributed by atoms with Crippen molar-refractivity contribution < 1.29 is 14.6 Å². The number of esters is 1. The molecule has 3 aromatic rings. The summed E-state index contributed by atoms with van der Waals surface area (Å²) in [5.41, 5.74) is -0.0658. The fourth-order valence-electron chi connectivity index (χ4n) is 2.45. The number of benzene rings is 2. The van der Waals surface area contributed by atoms with Crippen molar-refractivity contribution in [2.45, 2.75) is 29.6 Å². The largest absolute Gasteiger partial charge is 0.505 e. The summed E-state index contributed by atoms with van der Waals surface area (Å²) in [7, 11) is 0. The molecular weight excluding hydrogens is 414 g/mol. The minimum absolute atomic E-state index is 0.0658. The van der Waals surface area contributed by atoms with E-state index in [2.05, 4.69) is 20.9 Å². The second kappa shape index (κ2) is 8.56. The zero-order chi connectivity index (χ0) is 18.5. The number of halogens is 1. The van der Waals surface area contributed by atoms with Gasteiger partial charge in [0.1, 0.15) is 4.60 Å². The maximum Gasteiger partial charge on any atom is 0.360 e. The first-order chi connectivity index (χ1) is 12.6. The number of pyridine rings is 1. The van der Waals surface area contributed by atoms with Crippen LogP contribution in [0.4, 0.5) is 0 Å². The topological polar surface area (TPSA) is 59.4 Å². The minimum atomic E-state index is -0.610. The molecule has 0 fully saturated rings. The lowest BCUT2D eigenvalue weighted by atomic mass is 10.1. The molecule has 0 unspecified atom stereocenters. The van der Waals surface area contributed by atoms with Crippen molar-refractivity contribution in [1.29, 1.82) is 0 Å². The molecule has 0 atom stereocenters. The highest BCUT2D eigenvalue weighted by Crippen LogP contribution is 2.36. The first-order valence-corrected chi connectivity index (χ1v) is 9.93. The summed E-state index contributed by atoms with van der Waals surface area (Å²) < 4.78 is 5.67. The van der Waals surface area contributed by atoms with Crippen LogP contribution in [0.2, 0.25) is 0 Å². The van der Waals surface area contributed by atoms with E-state index in [4.69, 9.17) is 4.74 Å². The lowest BCUT2D eigenvalue weighted by Gasteiger charge is -2.10. The van der Waals surface area contributed by atoms with Crippen molar-refractivity contribution in [1.82, 2.24) is 4.98 Å². The van der Waals surface area contributed by atoms with Gasteiger partial charge in [0.25, 0.3) is 0 Å². The zero-order valence-electron chi connectivity index (χ0n) is 14.2. The molecule has 6 heteroatoms. The van der Waals surface area contributed by atoms with E-state index in [1.807, 2.05) is 49.4 Å². The third-order valence-corrected chi connectivity index (χ3v) is 5.41. The van der Waals surface area contributed by atoms with Crippen LogP contribution in [0.3, 0.4) is 0 Å². The van der Waals surface area contributed by atoms with Gasteiger partial charge in [-0.25, -0.2) is 9.78 Å². The highest BCUT2D eigenvalue weighted by molar-refractivity contribution is 9.10. The molecule has 0 aliphatic carbocycles. The SMILES string of the molecule is CCCCOC(=O)c1nc(Br)c2cc(Sc3ccccc3)ccc2c1O. The first-order valence-electron chi connectivity index (χ1n) is 8.32. The fourth-order valence-corrected chi connectivity index (χ4v) is 3.83. The average Bonchev–Trinajstić information content (AvgIpc) is 2.65. The van der Waals surface area contributed by atoms with Gasteiger partial charge in [0.15, 0.2) is 11.4 Å². The third-order valence-electron chi connectivity index (χ3n) is 3.81. The van der Waals surface area contributed by atoms with Crippen LogP contribution in [0.5, 0.6) is 5.75 Å². The predicted octanol–water partition coefficient (Wildman–Crippen LogP) is 5.81. The number of hydrogen-bond donors (Lipinski definition) is 1. The lowest BCUT2D eigenvalue weighted by molar-refractivity contribution is 0.0489. The summed E-state index contributed by atoms with van der Waals surface area (Å²) in [5.74, 6) is -0.762. The number of rotatable bonds is 6. The molecule has 3 rings (SSSR count). The molecule has 0 amide bonds. The Labute approximate surface area is 164 Å². The van der Waals surface area contributed by atoms with E-state index in [9.17, 15) is 9.90 Å². The number of hydrogen-bond acceptors (Lipinski definition) is 5. The Kier molecular flexibility index (Phi) is 6.16. The van der Waals surface area contributed by atoms with Crippen molar-refractivity contribution in [3.63, 3.8) is 0 Å². The van der Waals surface area contributed by atoms with E-state index >= 15 is 0 Å². The molecule has 2 aromatic carbocycles. The minimum Gasteiger partial charge on any atom is -0.505 e. The van der Waals surface area contributed by atoms with Gasteiger partial charge in [-0.15, -0.1) is 0 Å². The number of carbonyl (C=O) groups excluding carboxylic acids is 1. The van der Waals surface area contributed by atoms with Crippen molar-refractivity contribution in [3.8, 4) is 5.75 Å². The molecule has 0 spiro atoms. The molecule has 0 aliphatic rings. The number of unbranched alkanes of at least 4 members (excludes halogenated alkanes) is 1. The van der Waals surface area contributed by atoms with Crippen LogP contribution in [-0.4, -0.2) is 22.7 Å². The summed E-state index contributed by atoms with van der Waals surface area (Å²) in [6, 6.07) is 15.7. The Morgan fingerprint density at radius 3 is 2.65 bits per heavy atom. The molecule has 26 heavy (non-hydrogen) atoms. The second-order valence-electron chi connectivity index (χ2n) is 5.71. The van der Waals surface area contributed by atoms with Gasteiger partial charge in [-0.2, -0.15) is 0 Å². The van der Waals surface area contributed by atoms with Gasteiger partial charge < -0.3 is 9.84 Å². The Balaban J connectivity index is 1.92. The average molecular weight is 432 g/mol. The summed E-state index contributed by atoms with van der Waals surface area (Å²) in [6.07, 6.45) is 1.71. The molecule has 0 bridgehead atoms. The molecule has 1 N–H and O–H groups in total. The summed E-state index contributed by atoms with van der Waals surface area (Å²) in [5, 5.41) is 11.8. The smallest absolute Gasteiger partial charge is 0.360 e. The number of nitrogens with zero attached hydrogens (tertiary/aromatic N) is 1. The molecule has 0 radical (unpaired) electrons. The molecular formula is C20H18BrNO3S. The second-order valence-corrected chi connectivity index (χ2v) is 7.61. The predicted molar refractivity (Wildman–Crippen MR) is 107 cm³/mol. The number of ether oxygens (including phenoxy) is 1. The molecule has 134 valence electrons. The maximum atomic E-state index is 12.2. The molecule has 0 saturated heterocycles. The lowest BCUT2D eigenvalue weighted by Crippen LogP contribution is -2.09. The van der Waals surface area contributed by atoms with Gasteiger partial charge in [-0.1, -0.05) is 43.3 Å². The van der Waals surface area contributed by atoms with Gasteiger partial charge in [-0.05, 0) is 52.7 Å². The number of aromatic hydroxyl groups is 1. The van der Waals surface area contributed by atoms with E-state index in [1.54, 1.807) is 17.8 Å². The van der Waals surface area contributed by atoms with E-state index in [0.29, 0.717) is 16.6 Å². The van der Waals surface area contributed by atoms with Crippen molar-refractivity contribution in [2.24, 2.45) is 0 Å². The quantitative estimate of drug-likeness (QED) is 0.303. The maximum absolute atomic E-state index is 12.2. The van der Waals surface area contributed by atoms with Crippen LogP contribution >= 0.6 is 27.7 Å². The van der Waals surface area contributed by atoms with Crippen molar-refractivity contribution in [2.75, 3.05) is 6.61 Å². The third kappa shape index (κ3) is 4.19. The fraction of sp³-hybridized carbons (Fsp3) is 0.200. The van der Waals surface area contributed by atoms with Gasteiger partial charge in [0.2, 0.25) is 0 Å². The highest BCUT2D eigenvalue weighted by Gasteiger charge is 2.20. The van der Waals surface area contributed by atoms with E-state index in [-0.39, 0.29) is 11.4 Å². The standard InChI is InChI=1S/C20H18BrNO3S/c1-2-3-11-25-20(24)17-18(23)15-10-9-14(12-16(15)19(21)22-17)26-13-7-5-4-6-8-13/h4-10,12,23H,2-3,11H2,1H3. The van der Waals surface area contributed by atoms with Crippen LogP contribution in [0.25, 0.3) is 10.8 Å². The Bertz CT molecular complexity index is 931. The van der Waals surface area contributed by atoms with Crippen LogP contribution in [0.15, 0.2) is 62.9 Å². The molecule has 0 saturated carbocycles. The van der Waals surface area contributed by atoms with Crippen molar-refractivity contribution >= 4 is 44.4 Å². The Hall–Kier alpha value is -2.05. The summed E-state index contributed by atoms with van der Waals surface area (Å²) in [6.45, 7) is 2.33. The summed E-state index contributed by atoms with van der Waals surface area (Å²) in [4.78, 5) is 18.5. The van der Waals surface area contributed by atoms with Crippen LogP contribution < -0.4 is 0 Å². The molecule has 4 nitrogen and oxygen atoms in total. The van der Waals surface area contributed by atoms with Crippen LogP contribution in [-0.2, 0) is 4.74 Å². The monoisotopic (exact) mass is 431 g/mol. The van der Waals surface area contributed by atoms with Gasteiger partial charge in [0, 0.05) is 20.6 Å².